The molecule has 1 N–H and O–H groups in total. The van der Waals surface area contributed by atoms with Crippen LogP contribution in [0.4, 0.5) is 8.78 Å². The molecule has 0 spiro atoms. The molecule has 3 aromatic rings. The van der Waals surface area contributed by atoms with E-state index in [1.807, 2.05) is 18.7 Å². The third kappa shape index (κ3) is 5.50. The lowest BCUT2D eigenvalue weighted by molar-refractivity contribution is -0.126. The number of carbonyl (C=O) groups is 2. The summed E-state index contributed by atoms with van der Waals surface area (Å²) in [5.74, 6) is -0.762. The first-order chi connectivity index (χ1) is 16.3. The summed E-state index contributed by atoms with van der Waals surface area (Å²) in [6.45, 7) is 5.17. The van der Waals surface area contributed by atoms with E-state index in [4.69, 9.17) is 0 Å². The Morgan fingerprint density at radius 1 is 1.12 bits per heavy atom. The van der Waals surface area contributed by atoms with E-state index in [0.717, 1.165) is 24.0 Å². The molecule has 1 fully saturated rings. The van der Waals surface area contributed by atoms with Gasteiger partial charge in [-0.2, -0.15) is 0 Å². The van der Waals surface area contributed by atoms with Crippen molar-refractivity contribution in [3.05, 3.63) is 76.3 Å². The lowest BCUT2D eigenvalue weighted by Crippen LogP contribution is -2.42. The van der Waals surface area contributed by atoms with E-state index in [2.05, 4.69) is 10.3 Å². The van der Waals surface area contributed by atoms with Crippen molar-refractivity contribution in [1.82, 2.24) is 15.2 Å². The molecule has 0 unspecified atom stereocenters. The van der Waals surface area contributed by atoms with Crippen LogP contribution in [0.25, 0.3) is 10.6 Å². The maximum Gasteiger partial charge on any atom is 0.265 e. The van der Waals surface area contributed by atoms with Crippen LogP contribution in [0.2, 0.25) is 0 Å². The summed E-state index contributed by atoms with van der Waals surface area (Å²) in [5, 5.41) is 3.59. The maximum absolute atomic E-state index is 13.3. The van der Waals surface area contributed by atoms with Gasteiger partial charge in [-0.05, 0) is 67.6 Å². The molecule has 178 valence electrons. The average Bonchev–Trinajstić information content (AvgIpc) is 3.23. The van der Waals surface area contributed by atoms with Gasteiger partial charge in [0.1, 0.15) is 21.5 Å². The van der Waals surface area contributed by atoms with Crippen LogP contribution in [0.1, 0.15) is 40.7 Å². The fraction of sp³-hybridized carbons (Fsp3) is 0.346. The fourth-order valence-electron chi connectivity index (χ4n) is 4.27. The average molecular weight is 484 g/mol. The van der Waals surface area contributed by atoms with E-state index in [9.17, 15) is 18.4 Å². The molecule has 1 aliphatic rings. The Morgan fingerprint density at radius 2 is 1.82 bits per heavy atom. The summed E-state index contributed by atoms with van der Waals surface area (Å²) in [6, 6.07) is 12.3. The number of nitrogens with one attached hydrogen (secondary N) is 1. The van der Waals surface area contributed by atoms with E-state index >= 15 is 0 Å². The quantitative estimate of drug-likeness (QED) is 0.524. The summed E-state index contributed by atoms with van der Waals surface area (Å²) >= 11 is 1.32. The predicted octanol–water partition coefficient (Wildman–Crippen LogP) is 5.20. The Labute approximate surface area is 201 Å². The Hall–Kier alpha value is -3.13. The minimum absolute atomic E-state index is 0.0509. The second kappa shape index (κ2) is 10.4. The topological polar surface area (TPSA) is 62.3 Å². The first-order valence-corrected chi connectivity index (χ1v) is 12.2. The van der Waals surface area contributed by atoms with Crippen LogP contribution < -0.4 is 5.32 Å². The van der Waals surface area contributed by atoms with Crippen molar-refractivity contribution in [2.24, 2.45) is 11.8 Å². The molecule has 8 heteroatoms. The zero-order valence-corrected chi connectivity index (χ0v) is 20.0. The number of hydrogen-bond donors (Lipinski definition) is 1. The molecule has 0 saturated carbocycles. The zero-order valence-electron chi connectivity index (χ0n) is 19.2. The molecule has 34 heavy (non-hydrogen) atoms. The zero-order chi connectivity index (χ0) is 24.2. The van der Waals surface area contributed by atoms with Crippen molar-refractivity contribution in [2.75, 3.05) is 13.1 Å². The van der Waals surface area contributed by atoms with Crippen LogP contribution in [-0.2, 0) is 11.3 Å². The normalized spacial score (nSPS) is 15.2. The minimum atomic E-state index is -0.321. The van der Waals surface area contributed by atoms with Gasteiger partial charge in [-0.1, -0.05) is 19.1 Å². The summed E-state index contributed by atoms with van der Waals surface area (Å²) in [6.07, 6.45) is 1.48. The molecule has 1 atom stereocenters. The molecule has 2 aromatic carbocycles. The Bertz CT molecular complexity index is 1170. The Balaban J connectivity index is 1.32. The van der Waals surface area contributed by atoms with Gasteiger partial charge in [0, 0.05) is 31.1 Å². The molecule has 4 rings (SSSR count). The van der Waals surface area contributed by atoms with Crippen LogP contribution >= 0.6 is 11.3 Å². The number of aryl methyl sites for hydroxylation is 1. The lowest BCUT2D eigenvalue weighted by Gasteiger charge is -2.34. The van der Waals surface area contributed by atoms with Gasteiger partial charge in [-0.25, -0.2) is 13.8 Å². The first-order valence-electron chi connectivity index (χ1n) is 11.4. The van der Waals surface area contributed by atoms with Gasteiger partial charge >= 0.3 is 0 Å². The number of likely N-dealkylation sites (tertiary alicyclic amines) is 1. The monoisotopic (exact) mass is 483 g/mol. The van der Waals surface area contributed by atoms with E-state index in [0.29, 0.717) is 35.2 Å². The SMILES string of the molecule is Cc1nc(-c2ccc(F)cc2)sc1C(=O)N1CCC([C@@H](C)C(=O)NCc2cccc(F)c2)CC1. The number of nitrogens with zero attached hydrogens (tertiary/aromatic N) is 2. The number of benzene rings is 2. The van der Waals surface area contributed by atoms with Gasteiger partial charge in [0.15, 0.2) is 0 Å². The molecule has 0 aliphatic carbocycles. The van der Waals surface area contributed by atoms with Crippen LogP contribution in [-0.4, -0.2) is 34.8 Å². The summed E-state index contributed by atoms with van der Waals surface area (Å²) < 4.78 is 26.5. The lowest BCUT2D eigenvalue weighted by atomic mass is 9.84. The van der Waals surface area contributed by atoms with Gasteiger partial charge in [-0.15, -0.1) is 11.3 Å². The summed E-state index contributed by atoms with van der Waals surface area (Å²) in [5.41, 5.74) is 2.17. The van der Waals surface area contributed by atoms with Gasteiger partial charge in [0.05, 0.1) is 5.69 Å². The van der Waals surface area contributed by atoms with Crippen molar-refractivity contribution < 1.29 is 18.4 Å². The molecule has 1 saturated heterocycles. The number of carbonyl (C=O) groups excluding carboxylic acids is 2. The highest BCUT2D eigenvalue weighted by Crippen LogP contribution is 2.31. The number of rotatable bonds is 6. The van der Waals surface area contributed by atoms with E-state index in [-0.39, 0.29) is 35.3 Å². The molecule has 2 heterocycles. The molecule has 1 aliphatic heterocycles. The maximum atomic E-state index is 13.3. The standard InChI is InChI=1S/C26H27F2N3O2S/c1-16(24(32)29-15-18-4-3-5-22(28)14-18)19-10-12-31(13-11-19)26(33)23-17(2)30-25(34-23)20-6-8-21(27)9-7-20/h3-9,14,16,19H,10-13,15H2,1-2H3,(H,29,32)/t16-/m1/s1. The summed E-state index contributed by atoms with van der Waals surface area (Å²) in [7, 11) is 0. The molecule has 2 amide bonds. The Kier molecular flexibility index (Phi) is 7.36. The molecular weight excluding hydrogens is 456 g/mol. The number of halogens is 2. The summed E-state index contributed by atoms with van der Waals surface area (Å²) in [4.78, 5) is 32.7. The van der Waals surface area contributed by atoms with Crippen molar-refractivity contribution in [3.8, 4) is 10.6 Å². The van der Waals surface area contributed by atoms with Crippen molar-refractivity contribution in [1.29, 1.82) is 0 Å². The van der Waals surface area contributed by atoms with Crippen molar-refractivity contribution >= 4 is 23.2 Å². The van der Waals surface area contributed by atoms with Crippen molar-refractivity contribution in [3.63, 3.8) is 0 Å². The predicted molar refractivity (Wildman–Crippen MR) is 128 cm³/mol. The van der Waals surface area contributed by atoms with Crippen LogP contribution in [0, 0.1) is 30.4 Å². The number of thiazole rings is 1. The van der Waals surface area contributed by atoms with Crippen LogP contribution in [0.15, 0.2) is 48.5 Å². The van der Waals surface area contributed by atoms with E-state index in [1.165, 1.54) is 35.6 Å². The smallest absolute Gasteiger partial charge is 0.265 e. The third-order valence-electron chi connectivity index (χ3n) is 6.39. The number of amides is 2. The number of aromatic nitrogens is 1. The number of piperidine rings is 1. The third-order valence-corrected chi connectivity index (χ3v) is 7.58. The highest BCUT2D eigenvalue weighted by molar-refractivity contribution is 7.17. The Morgan fingerprint density at radius 3 is 2.50 bits per heavy atom. The molecule has 0 radical (unpaired) electrons. The van der Waals surface area contributed by atoms with Gasteiger partial charge in [0.2, 0.25) is 5.91 Å². The highest BCUT2D eigenvalue weighted by atomic mass is 32.1. The molecule has 5 nitrogen and oxygen atoms in total. The largest absolute Gasteiger partial charge is 0.352 e. The fourth-order valence-corrected chi connectivity index (χ4v) is 5.31. The second-order valence-electron chi connectivity index (χ2n) is 8.71. The first kappa shape index (κ1) is 24.0. The van der Waals surface area contributed by atoms with Gasteiger partial charge in [0.25, 0.3) is 5.91 Å². The van der Waals surface area contributed by atoms with E-state index in [1.54, 1.807) is 24.3 Å². The molecular formula is C26H27F2N3O2S. The van der Waals surface area contributed by atoms with Gasteiger partial charge in [-0.3, -0.25) is 9.59 Å². The highest BCUT2D eigenvalue weighted by Gasteiger charge is 2.31. The second-order valence-corrected chi connectivity index (χ2v) is 9.71. The molecule has 0 bridgehead atoms. The number of hydrogen-bond acceptors (Lipinski definition) is 4. The van der Waals surface area contributed by atoms with Crippen LogP contribution in [0.3, 0.4) is 0 Å². The van der Waals surface area contributed by atoms with Gasteiger partial charge < -0.3 is 10.2 Å². The minimum Gasteiger partial charge on any atom is -0.352 e. The molecule has 1 aromatic heterocycles. The van der Waals surface area contributed by atoms with E-state index < -0.39 is 0 Å². The van der Waals surface area contributed by atoms with Crippen molar-refractivity contribution in [2.45, 2.75) is 33.2 Å². The van der Waals surface area contributed by atoms with Crippen LogP contribution in [0.5, 0.6) is 0 Å².